The Morgan fingerprint density at radius 2 is 2.14 bits per heavy atom. The zero-order chi connectivity index (χ0) is 15.4. The van der Waals surface area contributed by atoms with Gasteiger partial charge < -0.3 is 14.6 Å². The molecule has 0 bridgehead atoms. The van der Waals surface area contributed by atoms with Gasteiger partial charge in [0, 0.05) is 6.07 Å². The van der Waals surface area contributed by atoms with Crippen LogP contribution >= 0.6 is 23.2 Å². The molecule has 0 saturated heterocycles. The average Bonchev–Trinajstić information content (AvgIpc) is 2.84. The molecular formula is C13H10Cl2N2O4. The topological polar surface area (TPSA) is 81.4 Å². The van der Waals surface area contributed by atoms with Crippen molar-refractivity contribution in [1.82, 2.24) is 5.16 Å². The molecule has 6 nitrogen and oxygen atoms in total. The summed E-state index contributed by atoms with van der Waals surface area (Å²) in [5, 5.41) is 6.31. The van der Waals surface area contributed by atoms with Crippen LogP contribution in [-0.4, -0.2) is 23.6 Å². The van der Waals surface area contributed by atoms with E-state index in [2.05, 4.69) is 10.5 Å². The zero-order valence-electron chi connectivity index (χ0n) is 10.9. The molecule has 0 fully saturated rings. The lowest BCUT2D eigenvalue weighted by Gasteiger charge is -2.06. The summed E-state index contributed by atoms with van der Waals surface area (Å²) in [5.74, 6) is -0.494. The molecule has 0 aliphatic rings. The molecule has 2 rings (SSSR count). The molecule has 1 heterocycles. The first kappa shape index (κ1) is 15.3. The van der Waals surface area contributed by atoms with Gasteiger partial charge in [-0.05, 0) is 19.1 Å². The van der Waals surface area contributed by atoms with Crippen LogP contribution in [0, 0.1) is 6.92 Å². The average molecular weight is 329 g/mol. The fourth-order valence-electron chi connectivity index (χ4n) is 1.47. The van der Waals surface area contributed by atoms with Crippen LogP contribution in [0.25, 0.3) is 0 Å². The van der Waals surface area contributed by atoms with Gasteiger partial charge in [-0.3, -0.25) is 4.79 Å². The van der Waals surface area contributed by atoms with Gasteiger partial charge in [-0.1, -0.05) is 34.4 Å². The van der Waals surface area contributed by atoms with Crippen LogP contribution in [0.1, 0.15) is 16.1 Å². The Kier molecular flexibility index (Phi) is 4.82. The van der Waals surface area contributed by atoms with Gasteiger partial charge in [-0.15, -0.1) is 0 Å². The van der Waals surface area contributed by atoms with Gasteiger partial charge >= 0.3 is 5.97 Å². The van der Waals surface area contributed by atoms with E-state index in [1.807, 2.05) is 0 Å². The molecule has 8 heteroatoms. The lowest BCUT2D eigenvalue weighted by molar-refractivity contribution is -0.119. The normalized spacial score (nSPS) is 10.2. The van der Waals surface area contributed by atoms with E-state index in [1.165, 1.54) is 12.1 Å². The van der Waals surface area contributed by atoms with Crippen LogP contribution in [0.3, 0.4) is 0 Å². The predicted molar refractivity (Wildman–Crippen MR) is 76.6 cm³/mol. The van der Waals surface area contributed by atoms with Gasteiger partial charge in [0.15, 0.2) is 12.4 Å². The van der Waals surface area contributed by atoms with Crippen LogP contribution in [0.15, 0.2) is 28.8 Å². The number of rotatable bonds is 4. The van der Waals surface area contributed by atoms with Crippen LogP contribution in [0.5, 0.6) is 0 Å². The fourth-order valence-corrected chi connectivity index (χ4v) is 1.85. The van der Waals surface area contributed by atoms with Crippen LogP contribution in [-0.2, 0) is 9.53 Å². The van der Waals surface area contributed by atoms with Crippen molar-refractivity contribution in [3.63, 3.8) is 0 Å². The summed E-state index contributed by atoms with van der Waals surface area (Å²) in [6.07, 6.45) is 0. The molecule has 110 valence electrons. The smallest absolute Gasteiger partial charge is 0.340 e. The molecule has 1 aromatic carbocycles. The first-order chi connectivity index (χ1) is 9.97. The van der Waals surface area contributed by atoms with Crippen molar-refractivity contribution in [1.29, 1.82) is 0 Å². The highest BCUT2D eigenvalue weighted by Gasteiger charge is 2.16. The third-order valence-corrected chi connectivity index (χ3v) is 3.22. The van der Waals surface area contributed by atoms with E-state index in [1.54, 1.807) is 19.1 Å². The molecule has 0 radical (unpaired) electrons. The number of aryl methyl sites for hydroxylation is 1. The minimum absolute atomic E-state index is 0.0803. The van der Waals surface area contributed by atoms with E-state index < -0.39 is 18.5 Å². The summed E-state index contributed by atoms with van der Waals surface area (Å²) in [6.45, 7) is 1.21. The number of carbonyl (C=O) groups is 2. The third-order valence-electron chi connectivity index (χ3n) is 2.40. The molecule has 0 saturated carbocycles. The van der Waals surface area contributed by atoms with Crippen molar-refractivity contribution >= 4 is 40.9 Å². The van der Waals surface area contributed by atoms with Gasteiger partial charge in [0.25, 0.3) is 5.91 Å². The number of hydrogen-bond acceptors (Lipinski definition) is 5. The number of nitrogens with zero attached hydrogens (tertiary/aromatic N) is 1. The van der Waals surface area contributed by atoms with E-state index in [0.29, 0.717) is 5.76 Å². The Morgan fingerprint density at radius 3 is 2.81 bits per heavy atom. The molecule has 1 N–H and O–H groups in total. The number of nitrogens with one attached hydrogen (secondary N) is 1. The number of anilines is 1. The lowest BCUT2D eigenvalue weighted by Crippen LogP contribution is -2.21. The molecule has 2 aromatic rings. The Balaban J connectivity index is 1.92. The summed E-state index contributed by atoms with van der Waals surface area (Å²) < 4.78 is 9.64. The second-order valence-electron chi connectivity index (χ2n) is 4.05. The second-order valence-corrected chi connectivity index (χ2v) is 4.83. The van der Waals surface area contributed by atoms with Crippen LogP contribution < -0.4 is 5.32 Å². The Bertz CT molecular complexity index is 685. The standard InChI is InChI=1S/C13H10Cl2N2O4/c1-7-5-10(17-21-7)16-11(18)6-20-13(19)8-3-2-4-9(14)12(8)15/h2-5H,6H2,1H3,(H,16,17,18). The Hall–Kier alpha value is -2.05. The zero-order valence-corrected chi connectivity index (χ0v) is 12.4. The van der Waals surface area contributed by atoms with E-state index in [4.69, 9.17) is 32.5 Å². The van der Waals surface area contributed by atoms with E-state index in [-0.39, 0.29) is 21.4 Å². The predicted octanol–water partition coefficient (Wildman–Crippen LogP) is 3.09. The van der Waals surface area contributed by atoms with Crippen LogP contribution in [0.4, 0.5) is 5.82 Å². The fraction of sp³-hybridized carbons (Fsp3) is 0.154. The first-order valence-electron chi connectivity index (χ1n) is 5.81. The van der Waals surface area contributed by atoms with Crippen molar-refractivity contribution in [2.24, 2.45) is 0 Å². The summed E-state index contributed by atoms with van der Waals surface area (Å²) in [4.78, 5) is 23.4. The molecule has 1 amide bonds. The molecule has 0 aliphatic carbocycles. The number of aromatic nitrogens is 1. The Labute approximate surface area is 130 Å². The summed E-state index contributed by atoms with van der Waals surface area (Å²) in [6, 6.07) is 6.09. The molecular weight excluding hydrogens is 319 g/mol. The number of amides is 1. The summed E-state index contributed by atoms with van der Waals surface area (Å²) in [7, 11) is 0. The van der Waals surface area contributed by atoms with Crippen molar-refractivity contribution in [3.8, 4) is 0 Å². The quantitative estimate of drug-likeness (QED) is 0.872. The van der Waals surface area contributed by atoms with E-state index in [9.17, 15) is 9.59 Å². The van der Waals surface area contributed by atoms with Gasteiger partial charge in [-0.25, -0.2) is 4.79 Å². The summed E-state index contributed by atoms with van der Waals surface area (Å²) in [5.41, 5.74) is 0.0919. The first-order valence-corrected chi connectivity index (χ1v) is 6.57. The minimum atomic E-state index is -0.742. The number of benzene rings is 1. The van der Waals surface area contributed by atoms with Crippen LogP contribution in [0.2, 0.25) is 10.0 Å². The molecule has 0 unspecified atom stereocenters. The van der Waals surface area contributed by atoms with Crippen molar-refractivity contribution < 1.29 is 18.8 Å². The number of ether oxygens (including phenoxy) is 1. The van der Waals surface area contributed by atoms with Gasteiger partial charge in [-0.2, -0.15) is 0 Å². The lowest BCUT2D eigenvalue weighted by atomic mass is 10.2. The molecule has 0 atom stereocenters. The highest BCUT2D eigenvalue weighted by atomic mass is 35.5. The largest absolute Gasteiger partial charge is 0.452 e. The Morgan fingerprint density at radius 1 is 1.38 bits per heavy atom. The molecule has 0 aliphatic heterocycles. The van der Waals surface area contributed by atoms with Gasteiger partial charge in [0.1, 0.15) is 5.76 Å². The summed E-state index contributed by atoms with van der Waals surface area (Å²) >= 11 is 11.7. The SMILES string of the molecule is Cc1cc(NC(=O)COC(=O)c2cccc(Cl)c2Cl)no1. The maximum absolute atomic E-state index is 11.8. The van der Waals surface area contributed by atoms with Crippen molar-refractivity contribution in [3.05, 3.63) is 45.6 Å². The maximum atomic E-state index is 11.8. The number of hydrogen-bond donors (Lipinski definition) is 1. The number of halogens is 2. The van der Waals surface area contributed by atoms with Gasteiger partial charge in [0.2, 0.25) is 0 Å². The van der Waals surface area contributed by atoms with Crippen molar-refractivity contribution in [2.75, 3.05) is 11.9 Å². The molecule has 1 aromatic heterocycles. The van der Waals surface area contributed by atoms with Gasteiger partial charge in [0.05, 0.1) is 15.6 Å². The molecule has 0 spiro atoms. The highest BCUT2D eigenvalue weighted by molar-refractivity contribution is 6.43. The van der Waals surface area contributed by atoms with Crippen molar-refractivity contribution in [2.45, 2.75) is 6.92 Å². The number of esters is 1. The van der Waals surface area contributed by atoms with E-state index >= 15 is 0 Å². The minimum Gasteiger partial charge on any atom is -0.452 e. The second kappa shape index (κ2) is 6.60. The molecule has 21 heavy (non-hydrogen) atoms. The highest BCUT2D eigenvalue weighted by Crippen LogP contribution is 2.25. The van der Waals surface area contributed by atoms with E-state index in [0.717, 1.165) is 0 Å². The monoisotopic (exact) mass is 328 g/mol. The number of carbonyl (C=O) groups excluding carboxylic acids is 2. The third kappa shape index (κ3) is 3.96. The maximum Gasteiger partial charge on any atom is 0.340 e.